The molecule has 0 saturated carbocycles. The smallest absolute Gasteiger partial charge is 0.547 e. The van der Waals surface area contributed by atoms with Crippen molar-refractivity contribution in [2.45, 2.75) is 5.54 Å². The zero-order valence-electron chi connectivity index (χ0n) is 12.1. The van der Waals surface area contributed by atoms with Crippen LogP contribution in [0.3, 0.4) is 0 Å². The van der Waals surface area contributed by atoms with E-state index >= 15 is 0 Å². The van der Waals surface area contributed by atoms with E-state index in [0.717, 1.165) is 0 Å². The maximum Gasteiger partial charge on any atom is 1.00 e. The Balaban J connectivity index is 0.00000220. The van der Waals surface area contributed by atoms with E-state index < -0.39 is 11.5 Å². The van der Waals surface area contributed by atoms with E-state index in [1.165, 1.54) is 0 Å². The van der Waals surface area contributed by atoms with Gasteiger partial charge in [-0.15, -0.1) is 0 Å². The molecule has 3 N–H and O–H groups in total. The Labute approximate surface area is 146 Å². The number of carbonyl (C=O) groups is 1. The summed E-state index contributed by atoms with van der Waals surface area (Å²) in [6.07, 6.45) is 0. The van der Waals surface area contributed by atoms with E-state index in [9.17, 15) is 9.90 Å². The second-order valence-corrected chi connectivity index (χ2v) is 4.48. The maximum atomic E-state index is 11.9. The number of carboxylic acids is 1. The van der Waals surface area contributed by atoms with Crippen LogP contribution < -0.4 is 45.7 Å². The van der Waals surface area contributed by atoms with E-state index in [1.54, 1.807) is 48.5 Å². The van der Waals surface area contributed by atoms with Gasteiger partial charge in [0.05, 0.1) is 5.97 Å². The first kappa shape index (κ1) is 17.9. The van der Waals surface area contributed by atoms with Crippen molar-refractivity contribution in [3.63, 3.8) is 0 Å². The molecule has 0 heterocycles. The molecule has 0 fully saturated rings. The van der Waals surface area contributed by atoms with Gasteiger partial charge < -0.3 is 15.6 Å². The minimum absolute atomic E-state index is 0. The zero-order chi connectivity index (χ0) is 14.4. The summed E-state index contributed by atoms with van der Waals surface area (Å²) in [4.78, 5) is 11.9. The molecular weight excluding hydrogens is 275 g/mol. The van der Waals surface area contributed by atoms with Gasteiger partial charge in [0.1, 0.15) is 5.54 Å². The molecular formula is C16H17N2NaO2. The number of hydrogen-bond donors (Lipinski definition) is 2. The molecule has 21 heavy (non-hydrogen) atoms. The fourth-order valence-corrected chi connectivity index (χ4v) is 2.31. The van der Waals surface area contributed by atoms with Crippen LogP contribution >= 0.6 is 0 Å². The molecule has 0 radical (unpaired) electrons. The fourth-order valence-electron chi connectivity index (χ4n) is 2.31. The van der Waals surface area contributed by atoms with Crippen molar-refractivity contribution in [3.8, 4) is 0 Å². The van der Waals surface area contributed by atoms with Crippen molar-refractivity contribution in [2.75, 3.05) is 13.1 Å². The molecule has 104 valence electrons. The monoisotopic (exact) mass is 292 g/mol. The van der Waals surface area contributed by atoms with Gasteiger partial charge in [-0.3, -0.25) is 5.32 Å². The summed E-state index contributed by atoms with van der Waals surface area (Å²) >= 11 is 0. The van der Waals surface area contributed by atoms with Crippen molar-refractivity contribution < 1.29 is 39.5 Å². The second kappa shape index (κ2) is 8.32. The standard InChI is InChI=1S/C16H18N2O2.Na/c17-11-12-18-16(15(19)20,13-7-3-1-4-8-13)14-9-5-2-6-10-14;/h1-10,18H,11-12,17H2,(H,19,20);/q;+1/p-1. The van der Waals surface area contributed by atoms with Gasteiger partial charge in [-0.25, -0.2) is 0 Å². The Morgan fingerprint density at radius 1 is 1.00 bits per heavy atom. The van der Waals surface area contributed by atoms with Gasteiger partial charge in [0.25, 0.3) is 0 Å². The molecule has 0 aliphatic heterocycles. The molecule has 0 amide bonds. The van der Waals surface area contributed by atoms with Crippen LogP contribution in [0.5, 0.6) is 0 Å². The third-order valence-electron chi connectivity index (χ3n) is 3.25. The van der Waals surface area contributed by atoms with Crippen LogP contribution in [0.2, 0.25) is 0 Å². The first-order chi connectivity index (χ1) is 9.71. The summed E-state index contributed by atoms with van der Waals surface area (Å²) in [5, 5.41) is 14.9. The molecule has 0 aromatic heterocycles. The van der Waals surface area contributed by atoms with Crippen molar-refractivity contribution in [3.05, 3.63) is 71.8 Å². The molecule has 0 spiro atoms. The van der Waals surface area contributed by atoms with Gasteiger partial charge in [0.2, 0.25) is 0 Å². The molecule has 0 aliphatic carbocycles. The van der Waals surface area contributed by atoms with Gasteiger partial charge in [-0.1, -0.05) is 60.7 Å². The quantitative estimate of drug-likeness (QED) is 0.565. The summed E-state index contributed by atoms with van der Waals surface area (Å²) in [7, 11) is 0. The van der Waals surface area contributed by atoms with E-state index in [2.05, 4.69) is 5.32 Å². The SMILES string of the molecule is NCCNC(C(=O)[O-])(c1ccccc1)c1ccccc1.[Na+]. The molecule has 2 aromatic rings. The predicted octanol–water partition coefficient (Wildman–Crippen LogP) is -2.77. The van der Waals surface area contributed by atoms with Gasteiger partial charge in [0, 0.05) is 13.1 Å². The Hall–Kier alpha value is -1.17. The molecule has 0 unspecified atom stereocenters. The number of aliphatic carboxylic acids is 1. The molecule has 0 aliphatic rings. The number of hydrogen-bond acceptors (Lipinski definition) is 4. The normalized spacial score (nSPS) is 10.7. The summed E-state index contributed by atoms with van der Waals surface area (Å²) in [5.41, 5.74) is 5.38. The Morgan fingerprint density at radius 3 is 1.76 bits per heavy atom. The predicted molar refractivity (Wildman–Crippen MR) is 75.7 cm³/mol. The minimum atomic E-state index is -1.39. The molecule has 2 aromatic carbocycles. The second-order valence-electron chi connectivity index (χ2n) is 4.48. The molecule has 5 heteroatoms. The van der Waals surface area contributed by atoms with Crippen LogP contribution in [0.4, 0.5) is 0 Å². The largest absolute Gasteiger partial charge is 1.00 e. The number of nitrogens with one attached hydrogen (secondary N) is 1. The van der Waals surface area contributed by atoms with Crippen molar-refractivity contribution in [2.24, 2.45) is 5.73 Å². The molecule has 0 bridgehead atoms. The van der Waals surface area contributed by atoms with Crippen LogP contribution in [-0.2, 0) is 10.3 Å². The van der Waals surface area contributed by atoms with Gasteiger partial charge >= 0.3 is 29.6 Å². The van der Waals surface area contributed by atoms with Crippen LogP contribution in [0.15, 0.2) is 60.7 Å². The van der Waals surface area contributed by atoms with Gasteiger partial charge in [0.15, 0.2) is 0 Å². The fraction of sp³-hybridized carbons (Fsp3) is 0.188. The topological polar surface area (TPSA) is 78.2 Å². The van der Waals surface area contributed by atoms with Crippen LogP contribution in [-0.4, -0.2) is 19.1 Å². The van der Waals surface area contributed by atoms with E-state index in [1.807, 2.05) is 12.1 Å². The minimum Gasteiger partial charge on any atom is -0.547 e. The van der Waals surface area contributed by atoms with Crippen LogP contribution in [0, 0.1) is 0 Å². The molecule has 0 atom stereocenters. The molecule has 2 rings (SSSR count). The Bertz CT molecular complexity index is 522. The van der Waals surface area contributed by atoms with Crippen molar-refractivity contribution in [1.82, 2.24) is 5.32 Å². The van der Waals surface area contributed by atoms with E-state index in [4.69, 9.17) is 5.73 Å². The number of rotatable bonds is 6. The zero-order valence-corrected chi connectivity index (χ0v) is 14.1. The van der Waals surface area contributed by atoms with Gasteiger partial charge in [-0.2, -0.15) is 0 Å². The Kier molecular flexibility index (Phi) is 7.08. The summed E-state index contributed by atoms with van der Waals surface area (Å²) < 4.78 is 0. The maximum absolute atomic E-state index is 11.9. The average Bonchev–Trinajstić information content (AvgIpc) is 2.50. The van der Waals surface area contributed by atoms with Crippen LogP contribution in [0.1, 0.15) is 11.1 Å². The first-order valence-corrected chi connectivity index (χ1v) is 6.49. The molecule has 0 saturated heterocycles. The average molecular weight is 292 g/mol. The third-order valence-corrected chi connectivity index (χ3v) is 3.25. The number of carbonyl (C=O) groups excluding carboxylic acids is 1. The van der Waals surface area contributed by atoms with E-state index in [-0.39, 0.29) is 29.6 Å². The first-order valence-electron chi connectivity index (χ1n) is 6.49. The van der Waals surface area contributed by atoms with E-state index in [0.29, 0.717) is 24.2 Å². The number of benzene rings is 2. The number of nitrogens with two attached hydrogens (primary N) is 1. The number of carboxylic acid groups (broad SMARTS) is 1. The van der Waals surface area contributed by atoms with Gasteiger partial charge in [-0.05, 0) is 11.1 Å². The van der Waals surface area contributed by atoms with Crippen molar-refractivity contribution in [1.29, 1.82) is 0 Å². The third kappa shape index (κ3) is 3.73. The summed E-state index contributed by atoms with van der Waals surface area (Å²) in [5.74, 6) is -1.19. The molecule has 4 nitrogen and oxygen atoms in total. The summed E-state index contributed by atoms with van der Waals surface area (Å²) in [6, 6.07) is 18.0. The van der Waals surface area contributed by atoms with Crippen molar-refractivity contribution >= 4 is 5.97 Å². The summed E-state index contributed by atoms with van der Waals surface area (Å²) in [6.45, 7) is 0.715. The Morgan fingerprint density at radius 2 is 1.43 bits per heavy atom. The van der Waals surface area contributed by atoms with Crippen LogP contribution in [0.25, 0.3) is 0 Å².